The first kappa shape index (κ1) is 15.5. The number of likely N-dealkylation sites (N-methyl/N-ethyl adjacent to an activating group) is 1. The summed E-state index contributed by atoms with van der Waals surface area (Å²) in [5.74, 6) is 0.0708. The first-order valence-electron chi connectivity index (χ1n) is 6.66. The molecule has 0 saturated carbocycles. The zero-order valence-electron chi connectivity index (χ0n) is 12.0. The molecule has 0 aliphatic rings. The van der Waals surface area contributed by atoms with Crippen molar-refractivity contribution in [1.82, 2.24) is 4.90 Å². The summed E-state index contributed by atoms with van der Waals surface area (Å²) < 4.78 is 0. The van der Waals surface area contributed by atoms with Gasteiger partial charge in [0.15, 0.2) is 0 Å². The Balaban J connectivity index is 2.51. The number of nitrogens with zero attached hydrogens (tertiary/aromatic N) is 1. The third-order valence-corrected chi connectivity index (χ3v) is 2.92. The van der Waals surface area contributed by atoms with Crippen LogP contribution in [0.15, 0.2) is 24.3 Å². The maximum atomic E-state index is 12.1. The van der Waals surface area contributed by atoms with E-state index in [1.54, 1.807) is 18.7 Å². The third kappa shape index (κ3) is 5.75. The predicted molar refractivity (Wildman–Crippen MR) is 77.7 cm³/mol. The summed E-state index contributed by atoms with van der Waals surface area (Å²) in [6, 6.07) is 7.56. The van der Waals surface area contributed by atoms with Gasteiger partial charge in [0.2, 0.25) is 5.91 Å². The van der Waals surface area contributed by atoms with Crippen molar-refractivity contribution in [1.29, 1.82) is 0 Å². The number of hydrogen-bond acceptors (Lipinski definition) is 3. The van der Waals surface area contributed by atoms with Crippen LogP contribution >= 0.6 is 0 Å². The summed E-state index contributed by atoms with van der Waals surface area (Å²) in [5.41, 5.74) is 6.59. The lowest BCUT2D eigenvalue weighted by atomic mass is 10.1. The first-order chi connectivity index (χ1) is 8.81. The molecular weight excluding hydrogens is 240 g/mol. The van der Waals surface area contributed by atoms with E-state index in [0.717, 1.165) is 11.3 Å². The number of amides is 1. The van der Waals surface area contributed by atoms with Gasteiger partial charge >= 0.3 is 0 Å². The maximum absolute atomic E-state index is 12.1. The van der Waals surface area contributed by atoms with Crippen LogP contribution in [0.5, 0.6) is 0 Å². The highest BCUT2D eigenvalue weighted by atomic mass is 16.3. The van der Waals surface area contributed by atoms with E-state index in [1.807, 2.05) is 31.2 Å². The fourth-order valence-corrected chi connectivity index (χ4v) is 1.94. The minimum absolute atomic E-state index is 0.0708. The molecule has 19 heavy (non-hydrogen) atoms. The highest BCUT2D eigenvalue weighted by molar-refractivity contribution is 5.76. The number of rotatable bonds is 6. The molecule has 1 rings (SSSR count). The van der Waals surface area contributed by atoms with Crippen molar-refractivity contribution in [3.63, 3.8) is 0 Å². The minimum atomic E-state index is -0.854. The SMILES string of the molecule is CCN(CC(C)(C)O)C(=O)CCc1ccc(N)cc1. The number of aliphatic hydroxyl groups is 1. The van der Waals surface area contributed by atoms with Crippen LogP contribution in [0.4, 0.5) is 5.69 Å². The molecule has 0 aliphatic heterocycles. The number of carbonyl (C=O) groups excluding carboxylic acids is 1. The summed E-state index contributed by atoms with van der Waals surface area (Å²) in [5, 5.41) is 9.78. The second-order valence-corrected chi connectivity index (χ2v) is 5.46. The third-order valence-electron chi connectivity index (χ3n) is 2.92. The van der Waals surface area contributed by atoms with Crippen LogP contribution in [-0.4, -0.2) is 34.6 Å². The van der Waals surface area contributed by atoms with Gasteiger partial charge in [0.25, 0.3) is 0 Å². The highest BCUT2D eigenvalue weighted by Gasteiger charge is 2.20. The highest BCUT2D eigenvalue weighted by Crippen LogP contribution is 2.10. The molecule has 3 N–H and O–H groups in total. The molecule has 106 valence electrons. The maximum Gasteiger partial charge on any atom is 0.222 e. The summed E-state index contributed by atoms with van der Waals surface area (Å²) in [4.78, 5) is 13.8. The van der Waals surface area contributed by atoms with Crippen LogP contribution in [-0.2, 0) is 11.2 Å². The lowest BCUT2D eigenvalue weighted by molar-refractivity contribution is -0.133. The Morgan fingerprint density at radius 2 is 1.89 bits per heavy atom. The van der Waals surface area contributed by atoms with E-state index in [9.17, 15) is 9.90 Å². The lowest BCUT2D eigenvalue weighted by Gasteiger charge is -2.28. The Morgan fingerprint density at radius 3 is 2.37 bits per heavy atom. The summed E-state index contributed by atoms with van der Waals surface area (Å²) in [7, 11) is 0. The quantitative estimate of drug-likeness (QED) is 0.770. The van der Waals surface area contributed by atoms with Crippen molar-refractivity contribution in [3.05, 3.63) is 29.8 Å². The first-order valence-corrected chi connectivity index (χ1v) is 6.66. The van der Waals surface area contributed by atoms with E-state index >= 15 is 0 Å². The molecule has 4 heteroatoms. The average Bonchev–Trinajstić information content (AvgIpc) is 2.34. The van der Waals surface area contributed by atoms with Crippen molar-refractivity contribution in [2.75, 3.05) is 18.8 Å². The molecular formula is C15H24N2O2. The van der Waals surface area contributed by atoms with Crippen LogP contribution in [0.1, 0.15) is 32.8 Å². The van der Waals surface area contributed by atoms with Gasteiger partial charge < -0.3 is 15.7 Å². The van der Waals surface area contributed by atoms with Crippen LogP contribution in [0.2, 0.25) is 0 Å². The second-order valence-electron chi connectivity index (χ2n) is 5.46. The van der Waals surface area contributed by atoms with Crippen molar-refractivity contribution >= 4 is 11.6 Å². The van der Waals surface area contributed by atoms with Crippen LogP contribution < -0.4 is 5.73 Å². The summed E-state index contributed by atoms with van der Waals surface area (Å²) in [6.45, 7) is 6.33. The van der Waals surface area contributed by atoms with E-state index in [2.05, 4.69) is 0 Å². The van der Waals surface area contributed by atoms with Crippen molar-refractivity contribution < 1.29 is 9.90 Å². The Hall–Kier alpha value is -1.55. The minimum Gasteiger partial charge on any atom is -0.399 e. The summed E-state index contributed by atoms with van der Waals surface area (Å²) in [6.07, 6.45) is 1.15. The molecule has 0 aliphatic carbocycles. The Kier molecular flexibility index (Phi) is 5.36. The van der Waals surface area contributed by atoms with Crippen LogP contribution in [0.25, 0.3) is 0 Å². The number of nitrogens with two attached hydrogens (primary N) is 1. The van der Waals surface area contributed by atoms with Gasteiger partial charge in [0.1, 0.15) is 0 Å². The predicted octanol–water partition coefficient (Wildman–Crippen LogP) is 1.82. The smallest absolute Gasteiger partial charge is 0.222 e. The molecule has 0 bridgehead atoms. The van der Waals surface area contributed by atoms with Crippen molar-refractivity contribution in [3.8, 4) is 0 Å². The number of hydrogen-bond donors (Lipinski definition) is 2. The number of carbonyl (C=O) groups is 1. The van der Waals surface area contributed by atoms with Gasteiger partial charge in [-0.3, -0.25) is 4.79 Å². The van der Waals surface area contributed by atoms with E-state index in [4.69, 9.17) is 5.73 Å². The van der Waals surface area contributed by atoms with Crippen molar-refractivity contribution in [2.24, 2.45) is 0 Å². The van der Waals surface area contributed by atoms with E-state index in [0.29, 0.717) is 25.9 Å². The van der Waals surface area contributed by atoms with Crippen molar-refractivity contribution in [2.45, 2.75) is 39.2 Å². The molecule has 0 spiro atoms. The monoisotopic (exact) mass is 264 g/mol. The fraction of sp³-hybridized carbons (Fsp3) is 0.533. The fourth-order valence-electron chi connectivity index (χ4n) is 1.94. The molecule has 0 atom stereocenters. The molecule has 1 aromatic rings. The molecule has 1 aromatic carbocycles. The van der Waals surface area contributed by atoms with Crippen LogP contribution in [0.3, 0.4) is 0 Å². The lowest BCUT2D eigenvalue weighted by Crippen LogP contribution is -2.42. The number of benzene rings is 1. The standard InChI is InChI=1S/C15H24N2O2/c1-4-17(11-15(2,3)19)14(18)10-7-12-5-8-13(16)9-6-12/h5-6,8-9,19H,4,7,10-11,16H2,1-3H3. The Bertz CT molecular complexity index is 407. The van der Waals surface area contributed by atoms with E-state index in [1.165, 1.54) is 0 Å². The molecule has 0 saturated heterocycles. The normalized spacial score (nSPS) is 11.4. The Morgan fingerprint density at radius 1 is 1.32 bits per heavy atom. The van der Waals surface area contributed by atoms with E-state index in [-0.39, 0.29) is 5.91 Å². The average molecular weight is 264 g/mol. The molecule has 0 fully saturated rings. The summed E-state index contributed by atoms with van der Waals surface area (Å²) >= 11 is 0. The van der Waals surface area contributed by atoms with Gasteiger partial charge in [0, 0.05) is 25.2 Å². The molecule has 0 unspecified atom stereocenters. The Labute approximate surface area is 115 Å². The van der Waals surface area contributed by atoms with E-state index < -0.39 is 5.60 Å². The van der Waals surface area contributed by atoms with Gasteiger partial charge in [-0.2, -0.15) is 0 Å². The molecule has 0 heterocycles. The van der Waals surface area contributed by atoms with Gasteiger partial charge in [-0.25, -0.2) is 0 Å². The zero-order valence-corrected chi connectivity index (χ0v) is 12.0. The van der Waals surface area contributed by atoms with Crippen LogP contribution in [0, 0.1) is 0 Å². The van der Waals surface area contributed by atoms with Gasteiger partial charge in [-0.15, -0.1) is 0 Å². The van der Waals surface area contributed by atoms with Gasteiger partial charge in [0.05, 0.1) is 5.60 Å². The van der Waals surface area contributed by atoms with Gasteiger partial charge in [-0.1, -0.05) is 12.1 Å². The number of anilines is 1. The zero-order chi connectivity index (χ0) is 14.5. The molecule has 0 radical (unpaired) electrons. The number of nitrogen functional groups attached to an aromatic ring is 1. The molecule has 4 nitrogen and oxygen atoms in total. The van der Waals surface area contributed by atoms with Gasteiger partial charge in [-0.05, 0) is 44.9 Å². The molecule has 1 amide bonds. The molecule has 0 aromatic heterocycles. The largest absolute Gasteiger partial charge is 0.399 e. The number of aryl methyl sites for hydroxylation is 1. The second kappa shape index (κ2) is 6.57. The topological polar surface area (TPSA) is 66.6 Å².